The summed E-state index contributed by atoms with van der Waals surface area (Å²) in [5.41, 5.74) is 0. The zero-order valence-electron chi connectivity index (χ0n) is 21.9. The van der Waals surface area contributed by atoms with Crippen LogP contribution >= 0.6 is 39.0 Å². The van der Waals surface area contributed by atoms with Gasteiger partial charge in [0.1, 0.15) is 0 Å². The summed E-state index contributed by atoms with van der Waals surface area (Å²) in [4.78, 5) is 10.2. The normalized spacial score (nSPS) is 58.8. The second-order valence-electron chi connectivity index (χ2n) is 15.8. The van der Waals surface area contributed by atoms with E-state index in [0.29, 0.717) is 0 Å². The quantitative estimate of drug-likeness (QED) is 0.112. The van der Waals surface area contributed by atoms with E-state index in [-0.39, 0.29) is 21.2 Å². The van der Waals surface area contributed by atoms with Crippen LogP contribution < -0.4 is 21.2 Å². The average Bonchev–Trinajstić information content (AvgIpc) is 3.96. The summed E-state index contributed by atoms with van der Waals surface area (Å²) in [5.74, 6) is 0. The Labute approximate surface area is 238 Å². The van der Waals surface area contributed by atoms with Crippen molar-refractivity contribution in [2.45, 2.75) is 46.6 Å². The number of rotatable bonds is 6. The van der Waals surface area contributed by atoms with E-state index in [1.165, 1.54) is 38.5 Å². The van der Waals surface area contributed by atoms with Gasteiger partial charge in [-0.2, -0.15) is 0 Å². The van der Waals surface area contributed by atoms with Gasteiger partial charge in [-0.25, -0.2) is 0 Å². The van der Waals surface area contributed by atoms with E-state index in [1.807, 2.05) is 0 Å². The first kappa shape index (κ1) is 21.5. The Kier molecular flexibility index (Phi) is 1.96. The molecule has 0 N–H and O–H groups in total. The fourth-order valence-corrected chi connectivity index (χ4v) is 126. The van der Waals surface area contributed by atoms with Crippen LogP contribution in [-0.4, -0.2) is 13.4 Å². The van der Waals surface area contributed by atoms with Crippen molar-refractivity contribution in [1.82, 2.24) is 0 Å². The van der Waals surface area contributed by atoms with E-state index < -0.39 is 6.51 Å². The van der Waals surface area contributed by atoms with Gasteiger partial charge in [0, 0.05) is 0 Å². The van der Waals surface area contributed by atoms with E-state index in [0.717, 1.165) is 8.11 Å². The molecule has 14 rings (SSSR count). The van der Waals surface area contributed by atoms with Gasteiger partial charge >= 0.3 is 212 Å². The van der Waals surface area contributed by atoms with Crippen molar-refractivity contribution < 1.29 is 6.51 Å². The van der Waals surface area contributed by atoms with Crippen LogP contribution in [0.2, 0.25) is 38.5 Å². The van der Waals surface area contributed by atoms with Crippen LogP contribution in [0.15, 0.2) is 121 Å². The van der Waals surface area contributed by atoms with Gasteiger partial charge in [0.2, 0.25) is 0 Å². The molecule has 0 bridgehead atoms. The Balaban J connectivity index is 0.000000621. The van der Waals surface area contributed by atoms with Crippen molar-refractivity contribution in [3.63, 3.8) is 0 Å². The number of fused-ring (bicyclic) bond motifs is 10. The summed E-state index contributed by atoms with van der Waals surface area (Å²) < 4.78 is 1.48. The van der Waals surface area contributed by atoms with E-state index in [4.69, 9.17) is 23.2 Å². The molecule has 10 aliphatic heterocycles. The third kappa shape index (κ3) is 0.579. The molecule has 202 valence electrons. The first-order valence-corrected chi connectivity index (χ1v) is 24.6. The first-order chi connectivity index (χ1) is 19.5. The van der Waals surface area contributed by atoms with Crippen LogP contribution in [0.1, 0.15) is 0 Å². The van der Waals surface area contributed by atoms with Crippen molar-refractivity contribution in [2.24, 2.45) is 0 Å². The molecule has 1 spiro atoms. The summed E-state index contributed by atoms with van der Waals surface area (Å²) in [5, 5.41) is 7.05. The molecule has 0 amide bonds. The van der Waals surface area contributed by atoms with Crippen LogP contribution in [0.4, 0.5) is 0 Å². The molecule has 0 saturated carbocycles. The second kappa shape index (κ2) is 3.64. The summed E-state index contributed by atoms with van der Waals surface area (Å²) in [6.45, 7) is -3.82. The Morgan fingerprint density at radius 3 is 0.900 bits per heavy atom. The van der Waals surface area contributed by atoms with Crippen LogP contribution in [0.5, 0.6) is 0 Å². The second-order valence-corrected chi connectivity index (χ2v) is 45.4. The van der Waals surface area contributed by atoms with Crippen molar-refractivity contribution in [2.75, 3.05) is 5.34 Å². The van der Waals surface area contributed by atoms with E-state index in [1.54, 1.807) is 21.2 Å². The van der Waals surface area contributed by atoms with Crippen LogP contribution in [0.3, 0.4) is 0 Å². The zero-order chi connectivity index (χ0) is 26.2. The maximum absolute atomic E-state index is 4.76. The Morgan fingerprint density at radius 1 is 0.450 bits per heavy atom. The van der Waals surface area contributed by atoms with Gasteiger partial charge in [0.05, 0.1) is 5.34 Å². The molecule has 10 saturated heterocycles. The molecule has 5 heteroatoms. The van der Waals surface area contributed by atoms with Gasteiger partial charge in [-0.05, 0) is 0 Å². The molecule has 4 unspecified atom stereocenters. The molecule has 10 heterocycles. The van der Waals surface area contributed by atoms with Crippen molar-refractivity contribution in [3.8, 4) is 0 Å². The molecular weight excluding hydrogens is 609 g/mol. The predicted molar refractivity (Wildman–Crippen MR) is 170 cm³/mol. The third-order valence-electron chi connectivity index (χ3n) is 19.4. The topological polar surface area (TPSA) is 0 Å². The molecule has 4 aromatic carbocycles. The fraction of sp³-hybridized carbons (Fsp3) is 0.314. The standard InChI is InChI=1S/C29H23P2.C5H5.CH2Cl2.Fe/c1-5-14-24(15-6-1)30(25-16-7-2-8-17-25)28-22-13-23-29(28)31(26-18-9-3-10-19-26)27-20-11-4-12-21-27;1-2-4-5-3-1;2-1-3;/h1-23H;1-5H;1H2;. The van der Waals surface area contributed by atoms with E-state index in [2.05, 4.69) is 121 Å². The molecular formula is C35H30Cl2FeP2. The van der Waals surface area contributed by atoms with Crippen molar-refractivity contribution >= 4 is 60.3 Å². The molecule has 10 aliphatic rings. The van der Waals surface area contributed by atoms with Gasteiger partial charge in [0.15, 0.2) is 0 Å². The monoisotopic (exact) mass is 638 g/mol. The molecule has 4 aromatic rings. The van der Waals surface area contributed by atoms with Crippen LogP contribution in [-0.2, 0) is 6.51 Å². The van der Waals surface area contributed by atoms with E-state index in [9.17, 15) is 0 Å². The van der Waals surface area contributed by atoms with Crippen molar-refractivity contribution in [3.05, 3.63) is 121 Å². The van der Waals surface area contributed by atoms with Gasteiger partial charge in [-0.15, -0.1) is 23.2 Å². The van der Waals surface area contributed by atoms with Crippen LogP contribution in [0.25, 0.3) is 0 Å². The molecule has 0 radical (unpaired) electrons. The van der Waals surface area contributed by atoms with Gasteiger partial charge in [-0.1, -0.05) is 0 Å². The SMILES string of the molecule is ClCCl.c1ccc(P(c2ccccc2)[C]23[CH]4[CH]5[CH]6[C]2(P(c2ccccc2)c2ccccc2)[Fe]54632789[CH]3[CH]2[CH]7[CH]8[CH]39)cc1. The summed E-state index contributed by atoms with van der Waals surface area (Å²) >= 11 is 9.53. The predicted octanol–water partition coefficient (Wildman–Crippen LogP) is 8.88. The van der Waals surface area contributed by atoms with Crippen molar-refractivity contribution in [1.29, 1.82) is 0 Å². The van der Waals surface area contributed by atoms with Crippen LogP contribution in [0, 0.1) is 0 Å². The minimum absolute atomic E-state index is 0.194. The minimum atomic E-state index is -3.82. The summed E-state index contributed by atoms with van der Waals surface area (Å²) in [6, 6.07) is 48.2. The average molecular weight is 639 g/mol. The number of benzene rings is 4. The Hall–Kier alpha value is -1.16. The Morgan fingerprint density at radius 2 is 0.700 bits per heavy atom. The molecule has 40 heavy (non-hydrogen) atoms. The number of halogens is 2. The number of alkyl halides is 2. The molecule has 0 nitrogen and oxygen atoms in total. The molecule has 0 aromatic heterocycles. The molecule has 4 atom stereocenters. The maximum atomic E-state index is 4.76. The zero-order valence-corrected chi connectivity index (χ0v) is 26.3. The number of hydrogen-bond acceptors (Lipinski definition) is 0. The summed E-state index contributed by atoms with van der Waals surface area (Å²) in [6.07, 6.45) is 0. The van der Waals surface area contributed by atoms with Gasteiger partial charge in [0.25, 0.3) is 0 Å². The van der Waals surface area contributed by atoms with Gasteiger partial charge < -0.3 is 0 Å². The molecule has 10 fully saturated rings. The molecule has 0 aliphatic carbocycles. The fourth-order valence-electron chi connectivity index (χ4n) is 20.9. The Bertz CT molecular complexity index is 1930. The van der Waals surface area contributed by atoms with E-state index >= 15 is 0 Å². The first-order valence-electron chi connectivity index (χ1n) is 14.7. The van der Waals surface area contributed by atoms with Gasteiger partial charge in [-0.3, -0.25) is 0 Å². The summed E-state index contributed by atoms with van der Waals surface area (Å²) in [7, 11) is -0.628. The third-order valence-corrected chi connectivity index (χ3v) is 76.3. The number of hydrogen-bond donors (Lipinski definition) is 0.